The molecular weight excluding hydrogens is 370 g/mol. The molecule has 8 heteroatoms. The third-order valence-electron chi connectivity index (χ3n) is 4.39. The summed E-state index contributed by atoms with van der Waals surface area (Å²) < 4.78 is 6.31. The Hall–Kier alpha value is -3.52. The number of methoxy groups -OCH3 is 1. The molecule has 0 aliphatic carbocycles. The first-order valence-electron chi connectivity index (χ1n) is 9.22. The van der Waals surface area contributed by atoms with Gasteiger partial charge in [-0.3, -0.25) is 9.48 Å². The van der Waals surface area contributed by atoms with Crippen molar-refractivity contribution in [3.05, 3.63) is 77.1 Å². The van der Waals surface area contributed by atoms with E-state index in [1.165, 1.54) is 7.11 Å². The van der Waals surface area contributed by atoms with E-state index in [1.54, 1.807) is 23.0 Å². The Balaban J connectivity index is 1.45. The summed E-state index contributed by atoms with van der Waals surface area (Å²) in [5.41, 5.74) is 3.58. The van der Waals surface area contributed by atoms with Gasteiger partial charge in [0.1, 0.15) is 0 Å². The van der Waals surface area contributed by atoms with Crippen molar-refractivity contribution in [1.29, 1.82) is 0 Å². The predicted octanol–water partition coefficient (Wildman–Crippen LogP) is 2.42. The molecule has 29 heavy (non-hydrogen) atoms. The third-order valence-corrected chi connectivity index (χ3v) is 4.39. The van der Waals surface area contributed by atoms with Crippen LogP contribution in [0.5, 0.6) is 0 Å². The molecule has 0 radical (unpaired) electrons. The second-order valence-corrected chi connectivity index (χ2v) is 6.50. The van der Waals surface area contributed by atoms with Gasteiger partial charge in [-0.1, -0.05) is 35.5 Å². The molecule has 0 aliphatic rings. The number of aromatic nitrogens is 3. The molecule has 2 N–H and O–H groups in total. The number of aryl methyl sites for hydroxylation is 1. The van der Waals surface area contributed by atoms with E-state index in [0.29, 0.717) is 25.2 Å². The largest absolute Gasteiger partial charge is 0.465 e. The van der Waals surface area contributed by atoms with E-state index < -0.39 is 0 Å². The molecule has 0 bridgehead atoms. The summed E-state index contributed by atoms with van der Waals surface area (Å²) in [5.74, 6) is -0.637. The van der Waals surface area contributed by atoms with Crippen molar-refractivity contribution >= 4 is 17.6 Å². The van der Waals surface area contributed by atoms with Gasteiger partial charge < -0.3 is 15.4 Å². The van der Waals surface area contributed by atoms with E-state index in [-0.39, 0.29) is 17.6 Å². The maximum absolute atomic E-state index is 12.3. The minimum absolute atomic E-state index is 0.270. The molecule has 0 spiro atoms. The van der Waals surface area contributed by atoms with E-state index in [0.717, 1.165) is 16.8 Å². The number of para-hydroxylation sites is 1. The number of nitrogens with zero attached hydrogens (tertiary/aromatic N) is 3. The lowest BCUT2D eigenvalue weighted by atomic mass is 10.1. The van der Waals surface area contributed by atoms with Crippen molar-refractivity contribution in [3.8, 4) is 0 Å². The van der Waals surface area contributed by atoms with Gasteiger partial charge in [0, 0.05) is 18.8 Å². The maximum Gasteiger partial charge on any atom is 0.337 e. The molecule has 2 aromatic carbocycles. The van der Waals surface area contributed by atoms with Crippen LogP contribution in [0.1, 0.15) is 32.0 Å². The summed E-state index contributed by atoms with van der Waals surface area (Å²) in [6.07, 6.45) is 1.63. The van der Waals surface area contributed by atoms with E-state index in [9.17, 15) is 9.59 Å². The van der Waals surface area contributed by atoms with Gasteiger partial charge in [0.25, 0.3) is 5.91 Å². The molecule has 0 saturated heterocycles. The summed E-state index contributed by atoms with van der Waals surface area (Å²) in [7, 11) is 1.36. The minimum Gasteiger partial charge on any atom is -0.465 e. The number of amides is 1. The highest BCUT2D eigenvalue weighted by Crippen LogP contribution is 2.14. The highest BCUT2D eigenvalue weighted by atomic mass is 16.5. The number of esters is 1. The fraction of sp³-hybridized carbons (Fsp3) is 0.238. The first-order chi connectivity index (χ1) is 14.1. The Bertz CT molecular complexity index is 982. The molecule has 0 unspecified atom stereocenters. The number of anilines is 1. The Morgan fingerprint density at radius 2 is 1.86 bits per heavy atom. The Kier molecular flexibility index (Phi) is 6.70. The van der Waals surface area contributed by atoms with Crippen LogP contribution in [0.15, 0.2) is 54.7 Å². The number of rotatable bonds is 8. The lowest BCUT2D eigenvalue weighted by Crippen LogP contribution is -2.20. The monoisotopic (exact) mass is 393 g/mol. The van der Waals surface area contributed by atoms with Crippen molar-refractivity contribution in [2.45, 2.75) is 20.0 Å². The van der Waals surface area contributed by atoms with Crippen LogP contribution in [-0.4, -0.2) is 40.5 Å². The van der Waals surface area contributed by atoms with Crippen LogP contribution in [0.4, 0.5) is 5.69 Å². The molecule has 3 aromatic rings. The van der Waals surface area contributed by atoms with E-state index >= 15 is 0 Å². The van der Waals surface area contributed by atoms with Gasteiger partial charge in [-0.05, 0) is 36.2 Å². The number of benzene rings is 2. The van der Waals surface area contributed by atoms with Crippen LogP contribution >= 0.6 is 0 Å². The zero-order valence-corrected chi connectivity index (χ0v) is 16.4. The van der Waals surface area contributed by atoms with Gasteiger partial charge in [0.2, 0.25) is 0 Å². The molecule has 0 saturated carbocycles. The number of carbonyl (C=O) groups is 2. The first-order valence-corrected chi connectivity index (χ1v) is 9.22. The highest BCUT2D eigenvalue weighted by molar-refractivity contribution is 6.03. The number of nitrogens with one attached hydrogen (secondary N) is 2. The second-order valence-electron chi connectivity index (χ2n) is 6.50. The molecule has 0 fully saturated rings. The zero-order valence-electron chi connectivity index (χ0n) is 16.4. The summed E-state index contributed by atoms with van der Waals surface area (Å²) in [6.45, 7) is 3.81. The van der Waals surface area contributed by atoms with Crippen LogP contribution in [0.3, 0.4) is 0 Å². The SMILES string of the molecule is COC(=O)c1ccc(CNCCn2cc(C(=O)Nc3ccccc3C)nn2)cc1. The Labute approximate surface area is 168 Å². The van der Waals surface area contributed by atoms with Gasteiger partial charge in [-0.15, -0.1) is 5.10 Å². The minimum atomic E-state index is -0.349. The lowest BCUT2D eigenvalue weighted by molar-refractivity contribution is 0.0600. The summed E-state index contributed by atoms with van der Waals surface area (Å²) in [4.78, 5) is 23.7. The van der Waals surface area contributed by atoms with Gasteiger partial charge in [0.15, 0.2) is 5.69 Å². The normalized spacial score (nSPS) is 10.6. The fourth-order valence-corrected chi connectivity index (χ4v) is 2.71. The maximum atomic E-state index is 12.3. The lowest BCUT2D eigenvalue weighted by Gasteiger charge is -2.06. The topological polar surface area (TPSA) is 98.1 Å². The van der Waals surface area contributed by atoms with Gasteiger partial charge in [-0.2, -0.15) is 0 Å². The van der Waals surface area contributed by atoms with Crippen LogP contribution in [0.25, 0.3) is 0 Å². The van der Waals surface area contributed by atoms with Crippen molar-refractivity contribution in [2.75, 3.05) is 19.0 Å². The molecule has 1 aromatic heterocycles. The second kappa shape index (κ2) is 9.61. The van der Waals surface area contributed by atoms with Crippen molar-refractivity contribution < 1.29 is 14.3 Å². The molecule has 0 aliphatic heterocycles. The summed E-state index contributed by atoms with van der Waals surface area (Å²) >= 11 is 0. The average Bonchev–Trinajstić information content (AvgIpc) is 3.22. The quantitative estimate of drug-likeness (QED) is 0.451. The molecule has 0 atom stereocenters. The molecule has 1 heterocycles. The molecule has 150 valence electrons. The Morgan fingerprint density at radius 1 is 1.10 bits per heavy atom. The number of ether oxygens (including phenoxy) is 1. The molecule has 1 amide bonds. The van der Waals surface area contributed by atoms with Gasteiger partial charge in [0.05, 0.1) is 25.4 Å². The predicted molar refractivity (Wildman–Crippen MR) is 109 cm³/mol. The van der Waals surface area contributed by atoms with E-state index in [2.05, 4.69) is 25.7 Å². The molecule has 3 rings (SSSR count). The van der Waals surface area contributed by atoms with Crippen LogP contribution in [0, 0.1) is 6.92 Å². The van der Waals surface area contributed by atoms with Crippen LogP contribution in [-0.2, 0) is 17.8 Å². The Morgan fingerprint density at radius 3 is 2.59 bits per heavy atom. The first kappa shape index (κ1) is 20.2. The zero-order chi connectivity index (χ0) is 20.6. The van der Waals surface area contributed by atoms with E-state index in [4.69, 9.17) is 0 Å². The van der Waals surface area contributed by atoms with E-state index in [1.807, 2.05) is 43.3 Å². The highest BCUT2D eigenvalue weighted by Gasteiger charge is 2.12. The number of carbonyl (C=O) groups excluding carboxylic acids is 2. The van der Waals surface area contributed by atoms with Crippen LogP contribution < -0.4 is 10.6 Å². The van der Waals surface area contributed by atoms with Crippen LogP contribution in [0.2, 0.25) is 0 Å². The fourth-order valence-electron chi connectivity index (χ4n) is 2.71. The van der Waals surface area contributed by atoms with Crippen molar-refractivity contribution in [2.24, 2.45) is 0 Å². The number of hydrogen-bond donors (Lipinski definition) is 2. The molecular formula is C21H23N5O3. The summed E-state index contributed by atoms with van der Waals surface area (Å²) in [5, 5.41) is 14.1. The smallest absolute Gasteiger partial charge is 0.337 e. The summed E-state index contributed by atoms with van der Waals surface area (Å²) in [6, 6.07) is 14.8. The van der Waals surface area contributed by atoms with Crippen molar-refractivity contribution in [1.82, 2.24) is 20.3 Å². The van der Waals surface area contributed by atoms with Gasteiger partial charge >= 0.3 is 5.97 Å². The standard InChI is InChI=1S/C21H23N5O3/c1-15-5-3-4-6-18(15)23-20(27)19-14-26(25-24-19)12-11-22-13-16-7-9-17(10-8-16)21(28)29-2/h3-10,14,22H,11-13H2,1-2H3,(H,23,27). The van der Waals surface area contributed by atoms with Gasteiger partial charge in [-0.25, -0.2) is 4.79 Å². The number of hydrogen-bond acceptors (Lipinski definition) is 6. The third kappa shape index (κ3) is 5.49. The van der Waals surface area contributed by atoms with Crippen molar-refractivity contribution in [3.63, 3.8) is 0 Å². The molecule has 8 nitrogen and oxygen atoms in total. The average molecular weight is 393 g/mol.